The lowest BCUT2D eigenvalue weighted by atomic mass is 10.1. The van der Waals surface area contributed by atoms with Crippen LogP contribution in [0.1, 0.15) is 41.4 Å². The molecule has 0 spiro atoms. The standard InChI is InChI=1S/C31H33N3O4/c1-3-27-26(22-33(21-25-17-12-20-37-25)30(35)23-13-6-4-7-14-23)31(34(32-27)24-15-8-5-9-16-24)38-29-19-11-10-18-28(29)36-2/h4-11,13-16,18-19,25H,3,12,17,20-22H2,1-2H3/t25-/m0/s1. The predicted molar refractivity (Wildman–Crippen MR) is 146 cm³/mol. The third-order valence-electron chi connectivity index (χ3n) is 6.74. The Labute approximate surface area is 223 Å². The van der Waals surface area contributed by atoms with Crippen LogP contribution in [0.4, 0.5) is 0 Å². The molecule has 0 saturated carbocycles. The summed E-state index contributed by atoms with van der Waals surface area (Å²) < 4.78 is 19.9. The van der Waals surface area contributed by atoms with Crippen molar-refractivity contribution in [1.29, 1.82) is 0 Å². The molecule has 196 valence electrons. The number of carbonyl (C=O) groups excluding carboxylic acids is 1. The summed E-state index contributed by atoms with van der Waals surface area (Å²) in [6.45, 7) is 3.64. The summed E-state index contributed by atoms with van der Waals surface area (Å²) >= 11 is 0. The molecular weight excluding hydrogens is 478 g/mol. The van der Waals surface area contributed by atoms with Gasteiger partial charge in [-0.25, -0.2) is 4.68 Å². The van der Waals surface area contributed by atoms with E-state index in [1.807, 2.05) is 94.5 Å². The van der Waals surface area contributed by atoms with E-state index in [0.29, 0.717) is 42.5 Å². The van der Waals surface area contributed by atoms with Crippen LogP contribution in [0.25, 0.3) is 5.69 Å². The zero-order valence-electron chi connectivity index (χ0n) is 21.9. The fraction of sp³-hybridized carbons (Fsp3) is 0.290. The van der Waals surface area contributed by atoms with Gasteiger partial charge in [0.1, 0.15) is 0 Å². The number of hydrogen-bond donors (Lipinski definition) is 0. The predicted octanol–water partition coefficient (Wildman–Crippen LogP) is 6.06. The van der Waals surface area contributed by atoms with Crippen molar-refractivity contribution < 1.29 is 19.0 Å². The Balaban J connectivity index is 1.59. The molecule has 0 radical (unpaired) electrons. The lowest BCUT2D eigenvalue weighted by molar-refractivity contribution is 0.0505. The van der Waals surface area contributed by atoms with Crippen molar-refractivity contribution >= 4 is 5.91 Å². The number of carbonyl (C=O) groups is 1. The number of aryl methyl sites for hydroxylation is 1. The van der Waals surface area contributed by atoms with E-state index >= 15 is 0 Å². The smallest absolute Gasteiger partial charge is 0.254 e. The van der Waals surface area contributed by atoms with Crippen LogP contribution in [0.2, 0.25) is 0 Å². The van der Waals surface area contributed by atoms with Gasteiger partial charge in [0.2, 0.25) is 5.88 Å². The summed E-state index contributed by atoms with van der Waals surface area (Å²) in [6, 6.07) is 26.8. The number of benzene rings is 3. The minimum Gasteiger partial charge on any atom is -0.493 e. The SMILES string of the molecule is CCc1nn(-c2ccccc2)c(Oc2ccccc2OC)c1CN(C[C@@H]1CCCO1)C(=O)c1ccccc1. The summed E-state index contributed by atoms with van der Waals surface area (Å²) in [7, 11) is 1.62. The molecule has 5 rings (SSSR count). The quantitative estimate of drug-likeness (QED) is 0.259. The van der Waals surface area contributed by atoms with Crippen molar-refractivity contribution in [1.82, 2.24) is 14.7 Å². The topological polar surface area (TPSA) is 65.8 Å². The second-order valence-corrected chi connectivity index (χ2v) is 9.27. The van der Waals surface area contributed by atoms with Crippen molar-refractivity contribution in [2.24, 2.45) is 0 Å². The van der Waals surface area contributed by atoms with E-state index < -0.39 is 0 Å². The first-order chi connectivity index (χ1) is 18.7. The van der Waals surface area contributed by atoms with Gasteiger partial charge in [-0.05, 0) is 55.7 Å². The van der Waals surface area contributed by atoms with Crippen molar-refractivity contribution in [2.75, 3.05) is 20.3 Å². The van der Waals surface area contributed by atoms with E-state index in [1.165, 1.54) is 0 Å². The molecule has 7 nitrogen and oxygen atoms in total. The van der Waals surface area contributed by atoms with Gasteiger partial charge in [-0.15, -0.1) is 0 Å². The summed E-state index contributed by atoms with van der Waals surface area (Å²) in [4.78, 5) is 15.6. The zero-order valence-corrected chi connectivity index (χ0v) is 21.9. The molecule has 0 N–H and O–H groups in total. The third kappa shape index (κ3) is 5.58. The van der Waals surface area contributed by atoms with Crippen LogP contribution >= 0.6 is 0 Å². The normalized spacial score (nSPS) is 14.8. The van der Waals surface area contributed by atoms with E-state index in [4.69, 9.17) is 19.3 Å². The number of ether oxygens (including phenoxy) is 3. The van der Waals surface area contributed by atoms with Crippen LogP contribution < -0.4 is 9.47 Å². The van der Waals surface area contributed by atoms with Gasteiger partial charge >= 0.3 is 0 Å². The molecule has 4 aromatic rings. The highest BCUT2D eigenvalue weighted by Gasteiger charge is 2.28. The van der Waals surface area contributed by atoms with Gasteiger partial charge in [0.05, 0.1) is 36.7 Å². The molecule has 0 unspecified atom stereocenters. The largest absolute Gasteiger partial charge is 0.493 e. The minimum absolute atomic E-state index is 0.00972. The summed E-state index contributed by atoms with van der Waals surface area (Å²) in [5, 5.41) is 4.95. The highest BCUT2D eigenvalue weighted by Crippen LogP contribution is 2.36. The van der Waals surface area contributed by atoms with Crippen molar-refractivity contribution in [2.45, 2.75) is 38.8 Å². The van der Waals surface area contributed by atoms with Gasteiger partial charge in [-0.1, -0.05) is 55.5 Å². The second kappa shape index (κ2) is 12.0. The van der Waals surface area contributed by atoms with Crippen molar-refractivity contribution in [3.8, 4) is 23.1 Å². The first-order valence-corrected chi connectivity index (χ1v) is 13.1. The number of para-hydroxylation sites is 3. The maximum absolute atomic E-state index is 13.8. The first kappa shape index (κ1) is 25.5. The zero-order chi connectivity index (χ0) is 26.3. The Kier molecular flexibility index (Phi) is 8.04. The molecule has 1 aromatic heterocycles. The summed E-state index contributed by atoms with van der Waals surface area (Å²) in [5.41, 5.74) is 3.26. The average Bonchev–Trinajstić information content (AvgIpc) is 3.61. The molecule has 1 saturated heterocycles. The van der Waals surface area contributed by atoms with E-state index in [-0.39, 0.29) is 12.0 Å². The van der Waals surface area contributed by atoms with Crippen molar-refractivity contribution in [3.63, 3.8) is 0 Å². The molecule has 7 heteroatoms. The Morgan fingerprint density at radius 3 is 2.34 bits per heavy atom. The molecule has 0 bridgehead atoms. The highest BCUT2D eigenvalue weighted by atomic mass is 16.5. The van der Waals surface area contributed by atoms with E-state index in [2.05, 4.69) is 6.92 Å². The maximum atomic E-state index is 13.8. The van der Waals surface area contributed by atoms with Crippen LogP contribution in [0.15, 0.2) is 84.9 Å². The monoisotopic (exact) mass is 511 g/mol. The van der Waals surface area contributed by atoms with Gasteiger partial charge < -0.3 is 19.1 Å². The highest BCUT2D eigenvalue weighted by molar-refractivity contribution is 5.94. The third-order valence-corrected chi connectivity index (χ3v) is 6.74. The fourth-order valence-corrected chi connectivity index (χ4v) is 4.78. The maximum Gasteiger partial charge on any atom is 0.254 e. The fourth-order valence-electron chi connectivity index (χ4n) is 4.78. The van der Waals surface area contributed by atoms with Crippen LogP contribution in [0.3, 0.4) is 0 Å². The average molecular weight is 512 g/mol. The van der Waals surface area contributed by atoms with Gasteiger partial charge in [0, 0.05) is 18.7 Å². The summed E-state index contributed by atoms with van der Waals surface area (Å²) in [6.07, 6.45) is 2.64. The Bertz CT molecular complexity index is 1350. The second-order valence-electron chi connectivity index (χ2n) is 9.27. The van der Waals surface area contributed by atoms with E-state index in [0.717, 1.165) is 36.4 Å². The van der Waals surface area contributed by atoms with Gasteiger partial charge in [-0.3, -0.25) is 4.79 Å². The molecule has 2 heterocycles. The van der Waals surface area contributed by atoms with Crippen LogP contribution in [0.5, 0.6) is 17.4 Å². The van der Waals surface area contributed by atoms with Crippen LogP contribution in [-0.2, 0) is 17.7 Å². The molecule has 0 aliphatic carbocycles. The number of methoxy groups -OCH3 is 1. The Hall–Kier alpha value is -4.10. The lowest BCUT2D eigenvalue weighted by Gasteiger charge is -2.26. The number of hydrogen-bond acceptors (Lipinski definition) is 5. The molecule has 1 aliphatic rings. The molecule has 1 atom stereocenters. The van der Waals surface area contributed by atoms with Gasteiger partial charge in [0.25, 0.3) is 5.91 Å². The molecule has 1 amide bonds. The Morgan fingerprint density at radius 2 is 1.68 bits per heavy atom. The Morgan fingerprint density at radius 1 is 1.00 bits per heavy atom. The molecule has 1 fully saturated rings. The summed E-state index contributed by atoms with van der Waals surface area (Å²) in [5.74, 6) is 1.72. The molecule has 38 heavy (non-hydrogen) atoms. The van der Waals surface area contributed by atoms with Crippen LogP contribution in [-0.4, -0.2) is 47.0 Å². The van der Waals surface area contributed by atoms with Gasteiger partial charge in [-0.2, -0.15) is 5.10 Å². The molecular formula is C31H33N3O4. The van der Waals surface area contributed by atoms with Crippen molar-refractivity contribution in [3.05, 3.63) is 102 Å². The number of amides is 1. The number of rotatable bonds is 10. The minimum atomic E-state index is -0.0427. The number of aromatic nitrogens is 2. The van der Waals surface area contributed by atoms with E-state index in [1.54, 1.807) is 7.11 Å². The van der Waals surface area contributed by atoms with Crippen LogP contribution in [0, 0.1) is 0 Å². The molecule has 3 aromatic carbocycles. The number of nitrogens with zero attached hydrogens (tertiary/aromatic N) is 3. The lowest BCUT2D eigenvalue weighted by Crippen LogP contribution is -2.37. The molecule has 1 aliphatic heterocycles. The first-order valence-electron chi connectivity index (χ1n) is 13.1. The van der Waals surface area contributed by atoms with E-state index in [9.17, 15) is 4.79 Å². The van der Waals surface area contributed by atoms with Gasteiger partial charge in [0.15, 0.2) is 11.5 Å².